The van der Waals surface area contributed by atoms with Crippen molar-refractivity contribution in [3.63, 3.8) is 0 Å². The van der Waals surface area contributed by atoms with Gasteiger partial charge in [0, 0.05) is 4.47 Å². The topological polar surface area (TPSA) is 76.7 Å². The van der Waals surface area contributed by atoms with E-state index >= 15 is 0 Å². The SMILES string of the molecule is COc1ccc(C)cc1C(=O)NNC(=O)[C@H](C)Oc1cccc(Br)c1. The normalized spacial score (nSPS) is 11.4. The van der Waals surface area contributed by atoms with Crippen LogP contribution in [0.2, 0.25) is 0 Å². The number of carbonyl (C=O) groups is 2. The number of benzene rings is 2. The number of hydrogen-bond donors (Lipinski definition) is 2. The molecule has 0 fully saturated rings. The number of methoxy groups -OCH3 is 1. The van der Waals surface area contributed by atoms with Crippen molar-refractivity contribution in [2.45, 2.75) is 20.0 Å². The Labute approximate surface area is 154 Å². The van der Waals surface area contributed by atoms with E-state index in [0.29, 0.717) is 17.1 Å². The lowest BCUT2D eigenvalue weighted by Crippen LogP contribution is -2.47. The summed E-state index contributed by atoms with van der Waals surface area (Å²) in [6, 6.07) is 12.4. The molecule has 0 bridgehead atoms. The van der Waals surface area contributed by atoms with Crippen LogP contribution in [-0.2, 0) is 4.79 Å². The number of hydrogen-bond acceptors (Lipinski definition) is 4. The third-order valence-electron chi connectivity index (χ3n) is 3.38. The van der Waals surface area contributed by atoms with Gasteiger partial charge in [-0.1, -0.05) is 33.6 Å². The highest BCUT2D eigenvalue weighted by Gasteiger charge is 2.17. The van der Waals surface area contributed by atoms with E-state index in [2.05, 4.69) is 26.8 Å². The molecule has 1 atom stereocenters. The summed E-state index contributed by atoms with van der Waals surface area (Å²) in [5.41, 5.74) is 5.97. The summed E-state index contributed by atoms with van der Waals surface area (Å²) in [4.78, 5) is 24.3. The van der Waals surface area contributed by atoms with Crippen molar-refractivity contribution in [1.29, 1.82) is 0 Å². The Morgan fingerprint density at radius 1 is 1.12 bits per heavy atom. The molecule has 0 spiro atoms. The van der Waals surface area contributed by atoms with E-state index in [4.69, 9.17) is 9.47 Å². The van der Waals surface area contributed by atoms with Crippen molar-refractivity contribution in [1.82, 2.24) is 10.9 Å². The number of nitrogens with one attached hydrogen (secondary N) is 2. The molecule has 0 aliphatic heterocycles. The van der Waals surface area contributed by atoms with Crippen LogP contribution in [0.25, 0.3) is 0 Å². The van der Waals surface area contributed by atoms with Crippen molar-refractivity contribution < 1.29 is 19.1 Å². The maximum Gasteiger partial charge on any atom is 0.279 e. The van der Waals surface area contributed by atoms with Gasteiger partial charge in [-0.3, -0.25) is 20.4 Å². The Morgan fingerprint density at radius 3 is 2.56 bits per heavy atom. The Kier molecular flexibility index (Phi) is 6.41. The van der Waals surface area contributed by atoms with Gasteiger partial charge in [-0.15, -0.1) is 0 Å². The van der Waals surface area contributed by atoms with Crippen molar-refractivity contribution in [3.8, 4) is 11.5 Å². The minimum Gasteiger partial charge on any atom is -0.496 e. The molecule has 7 heteroatoms. The minimum atomic E-state index is -0.783. The molecule has 0 saturated heterocycles. The van der Waals surface area contributed by atoms with Gasteiger partial charge < -0.3 is 9.47 Å². The fraction of sp³-hybridized carbons (Fsp3) is 0.222. The zero-order valence-electron chi connectivity index (χ0n) is 14.1. The average molecular weight is 407 g/mol. The lowest BCUT2D eigenvalue weighted by molar-refractivity contribution is -0.128. The van der Waals surface area contributed by atoms with Gasteiger partial charge >= 0.3 is 0 Å². The first-order valence-electron chi connectivity index (χ1n) is 7.57. The Morgan fingerprint density at radius 2 is 1.88 bits per heavy atom. The number of ether oxygens (including phenoxy) is 2. The van der Waals surface area contributed by atoms with Crippen LogP contribution in [0.3, 0.4) is 0 Å². The summed E-state index contributed by atoms with van der Waals surface area (Å²) in [6.07, 6.45) is -0.783. The second kappa shape index (κ2) is 8.53. The predicted molar refractivity (Wildman–Crippen MR) is 97.6 cm³/mol. The van der Waals surface area contributed by atoms with Crippen LogP contribution in [0, 0.1) is 6.92 Å². The van der Waals surface area contributed by atoms with E-state index in [1.807, 2.05) is 19.1 Å². The van der Waals surface area contributed by atoms with Gasteiger partial charge in [-0.05, 0) is 44.2 Å². The summed E-state index contributed by atoms with van der Waals surface area (Å²) < 4.78 is 11.5. The first-order valence-corrected chi connectivity index (χ1v) is 8.37. The van der Waals surface area contributed by atoms with Crippen molar-refractivity contribution in [2.24, 2.45) is 0 Å². The van der Waals surface area contributed by atoms with Crippen LogP contribution in [-0.4, -0.2) is 25.0 Å². The molecule has 2 amide bonds. The fourth-order valence-electron chi connectivity index (χ4n) is 2.08. The molecule has 0 heterocycles. The van der Waals surface area contributed by atoms with Gasteiger partial charge in [0.1, 0.15) is 11.5 Å². The van der Waals surface area contributed by atoms with Gasteiger partial charge in [0.25, 0.3) is 11.8 Å². The van der Waals surface area contributed by atoms with E-state index in [9.17, 15) is 9.59 Å². The van der Waals surface area contributed by atoms with Crippen LogP contribution >= 0.6 is 15.9 Å². The lowest BCUT2D eigenvalue weighted by atomic mass is 10.1. The number of aryl methyl sites for hydroxylation is 1. The number of rotatable bonds is 5. The molecule has 132 valence electrons. The van der Waals surface area contributed by atoms with Crippen LogP contribution < -0.4 is 20.3 Å². The molecule has 25 heavy (non-hydrogen) atoms. The van der Waals surface area contributed by atoms with Crippen LogP contribution in [0.5, 0.6) is 11.5 Å². The molecule has 0 unspecified atom stereocenters. The second-order valence-corrected chi connectivity index (χ2v) is 6.28. The summed E-state index contributed by atoms with van der Waals surface area (Å²) in [7, 11) is 1.48. The van der Waals surface area contributed by atoms with Gasteiger partial charge in [-0.25, -0.2) is 0 Å². The van der Waals surface area contributed by atoms with E-state index < -0.39 is 17.9 Å². The first-order chi connectivity index (χ1) is 11.9. The summed E-state index contributed by atoms with van der Waals surface area (Å²) in [6.45, 7) is 3.46. The standard InChI is InChI=1S/C18H19BrN2O4/c1-11-7-8-16(24-3)15(9-11)18(23)21-20-17(22)12(2)25-14-6-4-5-13(19)10-14/h4-10,12H,1-3H3,(H,20,22)(H,21,23)/t12-/m0/s1. The van der Waals surface area contributed by atoms with E-state index in [-0.39, 0.29) is 0 Å². The van der Waals surface area contributed by atoms with Gasteiger partial charge in [0.05, 0.1) is 12.7 Å². The van der Waals surface area contributed by atoms with Crippen LogP contribution in [0.4, 0.5) is 0 Å². The molecule has 0 saturated carbocycles. The molecule has 6 nitrogen and oxygen atoms in total. The minimum absolute atomic E-state index is 0.336. The van der Waals surface area contributed by atoms with Gasteiger partial charge in [-0.2, -0.15) is 0 Å². The summed E-state index contributed by atoms with van der Waals surface area (Å²) >= 11 is 3.33. The van der Waals surface area contributed by atoms with Gasteiger partial charge in [0.2, 0.25) is 0 Å². The smallest absolute Gasteiger partial charge is 0.279 e. The molecule has 2 N–H and O–H groups in total. The Balaban J connectivity index is 1.95. The molecule has 0 aliphatic rings. The zero-order valence-corrected chi connectivity index (χ0v) is 15.7. The average Bonchev–Trinajstić information content (AvgIpc) is 2.59. The largest absolute Gasteiger partial charge is 0.496 e. The molecular weight excluding hydrogens is 388 g/mol. The highest BCUT2D eigenvalue weighted by Crippen LogP contribution is 2.20. The number of halogens is 1. The molecular formula is C18H19BrN2O4. The van der Waals surface area contributed by atoms with Crippen molar-refractivity contribution in [3.05, 3.63) is 58.1 Å². The Hall–Kier alpha value is -2.54. The quantitative estimate of drug-likeness (QED) is 0.748. The van der Waals surface area contributed by atoms with E-state index in [1.165, 1.54) is 7.11 Å². The van der Waals surface area contributed by atoms with E-state index in [1.54, 1.807) is 37.3 Å². The maximum absolute atomic E-state index is 12.3. The second-order valence-electron chi connectivity index (χ2n) is 5.36. The number of carbonyl (C=O) groups excluding carboxylic acids is 2. The van der Waals surface area contributed by atoms with Crippen molar-refractivity contribution >= 4 is 27.7 Å². The van der Waals surface area contributed by atoms with Crippen LogP contribution in [0.15, 0.2) is 46.9 Å². The Bertz CT molecular complexity index is 779. The molecule has 0 radical (unpaired) electrons. The monoisotopic (exact) mass is 406 g/mol. The highest BCUT2D eigenvalue weighted by molar-refractivity contribution is 9.10. The zero-order chi connectivity index (χ0) is 18.4. The number of amides is 2. The highest BCUT2D eigenvalue weighted by atomic mass is 79.9. The fourth-order valence-corrected chi connectivity index (χ4v) is 2.46. The third-order valence-corrected chi connectivity index (χ3v) is 3.87. The molecule has 0 aromatic heterocycles. The maximum atomic E-state index is 12.3. The molecule has 0 aliphatic carbocycles. The predicted octanol–water partition coefficient (Wildman–Crippen LogP) is 2.99. The van der Waals surface area contributed by atoms with Crippen LogP contribution in [0.1, 0.15) is 22.8 Å². The lowest BCUT2D eigenvalue weighted by Gasteiger charge is -2.16. The summed E-state index contributed by atoms with van der Waals surface area (Å²) in [5, 5.41) is 0. The molecule has 2 rings (SSSR count). The number of hydrazine groups is 1. The third kappa shape index (κ3) is 5.22. The summed E-state index contributed by atoms with van der Waals surface area (Å²) in [5.74, 6) is 0.0305. The molecule has 2 aromatic rings. The van der Waals surface area contributed by atoms with Gasteiger partial charge in [0.15, 0.2) is 6.10 Å². The first kappa shape index (κ1) is 18.8. The van der Waals surface area contributed by atoms with Crippen molar-refractivity contribution in [2.75, 3.05) is 7.11 Å². The van der Waals surface area contributed by atoms with E-state index in [0.717, 1.165) is 10.0 Å². The molecule has 2 aromatic carbocycles.